The van der Waals surface area contributed by atoms with Crippen molar-refractivity contribution < 1.29 is 17.9 Å². The maximum Gasteiger partial charge on any atom is 0.243 e. The lowest BCUT2D eigenvalue weighted by molar-refractivity contribution is 0.0730. The molecule has 1 saturated heterocycles. The van der Waals surface area contributed by atoms with Crippen LogP contribution in [0, 0.1) is 0 Å². The van der Waals surface area contributed by atoms with Gasteiger partial charge >= 0.3 is 0 Å². The van der Waals surface area contributed by atoms with Crippen molar-refractivity contribution in [3.8, 4) is 5.75 Å². The average molecular weight is 484 g/mol. The van der Waals surface area contributed by atoms with E-state index in [1.165, 1.54) is 16.4 Å². The van der Waals surface area contributed by atoms with Crippen LogP contribution < -0.4 is 10.1 Å². The van der Waals surface area contributed by atoms with Crippen molar-refractivity contribution in [1.29, 1.82) is 0 Å². The summed E-state index contributed by atoms with van der Waals surface area (Å²) in [6.45, 7) is 4.57. The molecule has 10 heteroatoms. The van der Waals surface area contributed by atoms with E-state index in [0.717, 1.165) is 11.3 Å². The van der Waals surface area contributed by atoms with Gasteiger partial charge in [-0.25, -0.2) is 8.42 Å². The smallest absolute Gasteiger partial charge is 0.243 e. The first-order valence-electron chi connectivity index (χ1n) is 9.92. The lowest BCUT2D eigenvalue weighted by Gasteiger charge is -2.26. The number of nitrogens with zero attached hydrogens (tertiary/aromatic N) is 2. The molecule has 1 fully saturated rings. The molecule has 0 amide bonds. The summed E-state index contributed by atoms with van der Waals surface area (Å²) in [5.41, 5.74) is 1.50. The van der Waals surface area contributed by atoms with Crippen LogP contribution in [-0.2, 0) is 21.3 Å². The van der Waals surface area contributed by atoms with Crippen LogP contribution in [0.5, 0.6) is 5.75 Å². The van der Waals surface area contributed by atoms with Crippen molar-refractivity contribution in [3.63, 3.8) is 0 Å². The van der Waals surface area contributed by atoms with Gasteiger partial charge in [0.2, 0.25) is 10.0 Å². The first-order valence-corrected chi connectivity index (χ1v) is 12.1. The van der Waals surface area contributed by atoms with E-state index in [0.29, 0.717) is 55.3 Å². The Kier molecular flexibility index (Phi) is 8.12. The number of hydrogen-bond donors (Lipinski definition) is 1. The second-order valence-electron chi connectivity index (χ2n) is 7.02. The molecule has 7 nitrogen and oxygen atoms in total. The van der Waals surface area contributed by atoms with E-state index in [9.17, 15) is 8.42 Å². The topological polar surface area (TPSA) is 71.1 Å². The van der Waals surface area contributed by atoms with Crippen LogP contribution in [-0.4, -0.2) is 62.7 Å². The van der Waals surface area contributed by atoms with Crippen molar-refractivity contribution in [2.75, 3.05) is 45.3 Å². The fourth-order valence-electron chi connectivity index (χ4n) is 3.11. The van der Waals surface area contributed by atoms with E-state index in [2.05, 4.69) is 5.32 Å². The van der Waals surface area contributed by atoms with Crippen LogP contribution in [0.3, 0.4) is 0 Å². The summed E-state index contributed by atoms with van der Waals surface area (Å²) in [7, 11) is -1.77. The Morgan fingerprint density at radius 2 is 1.90 bits per heavy atom. The van der Waals surface area contributed by atoms with Gasteiger partial charge in [0.15, 0.2) is 5.11 Å². The molecular weight excluding hydrogens is 458 g/mol. The van der Waals surface area contributed by atoms with Gasteiger partial charge in [-0.2, -0.15) is 4.31 Å². The molecular formula is C21H26ClN3O4S2. The zero-order valence-corrected chi connectivity index (χ0v) is 19.9. The van der Waals surface area contributed by atoms with Gasteiger partial charge in [-0.1, -0.05) is 23.7 Å². The first-order chi connectivity index (χ1) is 14.8. The summed E-state index contributed by atoms with van der Waals surface area (Å²) in [5, 5.41) is 3.88. The maximum absolute atomic E-state index is 12.9. The number of rotatable bonds is 7. The summed E-state index contributed by atoms with van der Waals surface area (Å²) in [6.07, 6.45) is 0. The highest BCUT2D eigenvalue weighted by Gasteiger charge is 2.27. The number of nitrogens with one attached hydrogen (secondary N) is 1. The molecule has 1 aliphatic heterocycles. The van der Waals surface area contributed by atoms with Crippen LogP contribution in [0.1, 0.15) is 12.5 Å². The van der Waals surface area contributed by atoms with E-state index in [1.807, 2.05) is 43.1 Å². The summed E-state index contributed by atoms with van der Waals surface area (Å²) in [5.74, 6) is 0.819. The van der Waals surface area contributed by atoms with Gasteiger partial charge < -0.3 is 19.7 Å². The SMILES string of the molecule is CCOc1ccc(CN(C)C(=S)Nc2cc(S(=O)(=O)N3CCOCC3)ccc2Cl)cc1. The molecule has 2 aromatic rings. The number of anilines is 1. The van der Waals surface area contributed by atoms with Crippen LogP contribution in [0.25, 0.3) is 0 Å². The largest absolute Gasteiger partial charge is 0.494 e. The zero-order valence-electron chi connectivity index (χ0n) is 17.5. The van der Waals surface area contributed by atoms with Crippen LogP contribution in [0.15, 0.2) is 47.4 Å². The standard InChI is InChI=1S/C21H26ClN3O4S2/c1-3-29-17-6-4-16(5-7-17)15-24(2)21(30)23-20-14-18(8-9-19(20)22)31(26,27)25-10-12-28-13-11-25/h4-9,14H,3,10-13,15H2,1-2H3,(H,23,30). The summed E-state index contributed by atoms with van der Waals surface area (Å²) in [6, 6.07) is 12.4. The van der Waals surface area contributed by atoms with E-state index in [1.54, 1.807) is 6.07 Å². The molecule has 31 heavy (non-hydrogen) atoms. The molecule has 0 atom stereocenters. The fraction of sp³-hybridized carbons (Fsp3) is 0.381. The van der Waals surface area contributed by atoms with E-state index < -0.39 is 10.0 Å². The molecule has 0 bridgehead atoms. The van der Waals surface area contributed by atoms with Crippen LogP contribution in [0.2, 0.25) is 5.02 Å². The van der Waals surface area contributed by atoms with Gasteiger partial charge in [-0.15, -0.1) is 0 Å². The monoisotopic (exact) mass is 483 g/mol. The second-order valence-corrected chi connectivity index (χ2v) is 9.75. The van der Waals surface area contributed by atoms with Crippen LogP contribution >= 0.6 is 23.8 Å². The molecule has 0 unspecified atom stereocenters. The maximum atomic E-state index is 12.9. The number of morpholine rings is 1. The second kappa shape index (κ2) is 10.6. The summed E-state index contributed by atoms with van der Waals surface area (Å²) < 4.78 is 38.0. The normalized spacial score (nSPS) is 14.8. The van der Waals surface area contributed by atoms with E-state index in [4.69, 9.17) is 33.3 Å². The zero-order chi connectivity index (χ0) is 22.4. The number of halogens is 1. The molecule has 0 spiro atoms. The highest BCUT2D eigenvalue weighted by Crippen LogP contribution is 2.28. The molecule has 0 aliphatic carbocycles. The number of ether oxygens (including phenoxy) is 2. The number of sulfonamides is 1. The lowest BCUT2D eigenvalue weighted by Crippen LogP contribution is -2.40. The van der Waals surface area contributed by atoms with E-state index >= 15 is 0 Å². The Balaban J connectivity index is 1.69. The predicted molar refractivity (Wildman–Crippen MR) is 126 cm³/mol. The van der Waals surface area contributed by atoms with Gasteiger partial charge in [0, 0.05) is 26.7 Å². The molecule has 1 aliphatic rings. The Morgan fingerprint density at radius 3 is 2.55 bits per heavy atom. The molecule has 0 saturated carbocycles. The van der Waals surface area contributed by atoms with Gasteiger partial charge in [-0.3, -0.25) is 0 Å². The quantitative estimate of drug-likeness (QED) is 0.603. The van der Waals surface area contributed by atoms with Gasteiger partial charge in [0.05, 0.1) is 35.4 Å². The Bertz CT molecular complexity index is 1010. The van der Waals surface area contributed by atoms with Gasteiger partial charge in [0.25, 0.3) is 0 Å². The molecule has 1 N–H and O–H groups in total. The highest BCUT2D eigenvalue weighted by atomic mass is 35.5. The van der Waals surface area contributed by atoms with Crippen LogP contribution in [0.4, 0.5) is 5.69 Å². The predicted octanol–water partition coefficient (Wildman–Crippen LogP) is 3.59. The van der Waals surface area contributed by atoms with Crippen molar-refractivity contribution in [3.05, 3.63) is 53.1 Å². The number of hydrogen-bond acceptors (Lipinski definition) is 5. The first kappa shape index (κ1) is 23.7. The van der Waals surface area contributed by atoms with Crippen molar-refractivity contribution >= 4 is 44.6 Å². The Labute approximate surface area is 193 Å². The molecule has 3 rings (SSSR count). The van der Waals surface area contributed by atoms with Gasteiger partial charge in [0.1, 0.15) is 5.75 Å². The average Bonchev–Trinajstić information content (AvgIpc) is 2.77. The fourth-order valence-corrected chi connectivity index (χ4v) is 4.88. The van der Waals surface area contributed by atoms with Gasteiger partial charge in [-0.05, 0) is 55.0 Å². The third-order valence-electron chi connectivity index (χ3n) is 4.79. The summed E-state index contributed by atoms with van der Waals surface area (Å²) in [4.78, 5) is 2.02. The number of thiocarbonyl (C=S) groups is 1. The Hall–Kier alpha value is -1.91. The molecule has 168 valence electrons. The lowest BCUT2D eigenvalue weighted by atomic mass is 10.2. The van der Waals surface area contributed by atoms with E-state index in [-0.39, 0.29) is 4.90 Å². The van der Waals surface area contributed by atoms with Crippen molar-refractivity contribution in [1.82, 2.24) is 9.21 Å². The van der Waals surface area contributed by atoms with Crippen molar-refractivity contribution in [2.45, 2.75) is 18.4 Å². The highest BCUT2D eigenvalue weighted by molar-refractivity contribution is 7.89. The molecule has 2 aromatic carbocycles. The minimum absolute atomic E-state index is 0.165. The van der Waals surface area contributed by atoms with Crippen molar-refractivity contribution in [2.24, 2.45) is 0 Å². The third-order valence-corrected chi connectivity index (χ3v) is 7.43. The minimum atomic E-state index is -3.63. The summed E-state index contributed by atoms with van der Waals surface area (Å²) >= 11 is 11.8. The molecule has 0 radical (unpaired) electrons. The molecule has 1 heterocycles. The Morgan fingerprint density at radius 1 is 1.23 bits per heavy atom. The number of benzene rings is 2. The third kappa shape index (κ3) is 6.08. The molecule has 0 aromatic heterocycles. The minimum Gasteiger partial charge on any atom is -0.494 e.